The van der Waals surface area contributed by atoms with Crippen molar-refractivity contribution < 1.29 is 5.11 Å². The standard InChI is InChI=1S/C16H23NO/c1-3-16(18)12-17-9-7-14(8-10-17)15-6-4-5-13(2)11-15/h4-7,11,16,18H,3,8-10,12H2,1-2H3/t16-/m1/s1. The van der Waals surface area contributed by atoms with E-state index < -0.39 is 0 Å². The van der Waals surface area contributed by atoms with Crippen molar-refractivity contribution in [3.63, 3.8) is 0 Å². The molecule has 2 nitrogen and oxygen atoms in total. The first-order valence-electron chi connectivity index (χ1n) is 6.85. The SMILES string of the molecule is CC[C@@H](O)CN1CC=C(c2cccc(C)c2)CC1. The smallest absolute Gasteiger partial charge is 0.0664 e. The van der Waals surface area contributed by atoms with Crippen LogP contribution >= 0.6 is 0 Å². The third-order valence-electron chi connectivity index (χ3n) is 3.62. The Morgan fingerprint density at radius 3 is 2.83 bits per heavy atom. The van der Waals surface area contributed by atoms with Gasteiger partial charge >= 0.3 is 0 Å². The summed E-state index contributed by atoms with van der Waals surface area (Å²) in [5.41, 5.74) is 4.11. The number of rotatable bonds is 4. The average Bonchev–Trinajstić information content (AvgIpc) is 2.39. The molecule has 0 aromatic heterocycles. The van der Waals surface area contributed by atoms with Crippen LogP contribution in [0.4, 0.5) is 0 Å². The lowest BCUT2D eigenvalue weighted by Gasteiger charge is -2.28. The van der Waals surface area contributed by atoms with Crippen LogP contribution in [-0.2, 0) is 0 Å². The van der Waals surface area contributed by atoms with E-state index >= 15 is 0 Å². The fourth-order valence-corrected chi connectivity index (χ4v) is 2.41. The van der Waals surface area contributed by atoms with Gasteiger partial charge < -0.3 is 5.11 Å². The number of hydrogen-bond acceptors (Lipinski definition) is 2. The number of aryl methyl sites for hydroxylation is 1. The Kier molecular flexibility index (Phi) is 4.56. The Labute approximate surface area is 110 Å². The van der Waals surface area contributed by atoms with Gasteiger partial charge in [0, 0.05) is 19.6 Å². The van der Waals surface area contributed by atoms with E-state index in [0.717, 1.165) is 32.5 Å². The van der Waals surface area contributed by atoms with E-state index in [1.165, 1.54) is 16.7 Å². The molecule has 0 saturated heterocycles. The van der Waals surface area contributed by atoms with Gasteiger partial charge in [-0.1, -0.05) is 42.8 Å². The molecule has 1 heterocycles. The molecular formula is C16H23NO. The molecular weight excluding hydrogens is 222 g/mol. The molecule has 1 N–H and O–H groups in total. The van der Waals surface area contributed by atoms with Crippen LogP contribution in [0.25, 0.3) is 5.57 Å². The van der Waals surface area contributed by atoms with Gasteiger partial charge in [-0.2, -0.15) is 0 Å². The molecule has 0 spiro atoms. The van der Waals surface area contributed by atoms with Crippen molar-refractivity contribution in [2.24, 2.45) is 0 Å². The summed E-state index contributed by atoms with van der Waals surface area (Å²) in [6.07, 6.45) is 4.05. The molecule has 0 aliphatic carbocycles. The molecule has 1 aliphatic rings. The highest BCUT2D eigenvalue weighted by Crippen LogP contribution is 2.23. The second-order valence-corrected chi connectivity index (χ2v) is 5.17. The zero-order chi connectivity index (χ0) is 13.0. The maximum Gasteiger partial charge on any atom is 0.0664 e. The molecule has 0 amide bonds. The molecule has 1 atom stereocenters. The summed E-state index contributed by atoms with van der Waals surface area (Å²) in [7, 11) is 0. The maximum atomic E-state index is 9.67. The van der Waals surface area contributed by atoms with Gasteiger partial charge in [0.2, 0.25) is 0 Å². The molecule has 1 aromatic rings. The van der Waals surface area contributed by atoms with Gasteiger partial charge in [-0.15, -0.1) is 0 Å². The molecule has 1 aliphatic heterocycles. The van der Waals surface area contributed by atoms with Crippen molar-refractivity contribution >= 4 is 5.57 Å². The molecule has 0 radical (unpaired) electrons. The lowest BCUT2D eigenvalue weighted by Crippen LogP contribution is -2.35. The van der Waals surface area contributed by atoms with Gasteiger partial charge in [-0.05, 0) is 30.9 Å². The molecule has 0 fully saturated rings. The molecule has 0 saturated carbocycles. The van der Waals surface area contributed by atoms with E-state index in [2.05, 4.69) is 42.2 Å². The van der Waals surface area contributed by atoms with Crippen LogP contribution in [-0.4, -0.2) is 35.7 Å². The van der Waals surface area contributed by atoms with Crippen molar-refractivity contribution in [1.29, 1.82) is 0 Å². The van der Waals surface area contributed by atoms with Gasteiger partial charge in [-0.3, -0.25) is 4.90 Å². The predicted molar refractivity (Wildman–Crippen MR) is 76.5 cm³/mol. The minimum atomic E-state index is -0.182. The number of hydrogen-bond donors (Lipinski definition) is 1. The Bertz CT molecular complexity index is 425. The fraction of sp³-hybridized carbons (Fsp3) is 0.500. The van der Waals surface area contributed by atoms with Crippen molar-refractivity contribution in [3.05, 3.63) is 41.5 Å². The van der Waals surface area contributed by atoms with Crippen molar-refractivity contribution in [1.82, 2.24) is 4.90 Å². The van der Waals surface area contributed by atoms with Crippen molar-refractivity contribution in [2.75, 3.05) is 19.6 Å². The molecule has 2 rings (SSSR count). The third-order valence-corrected chi connectivity index (χ3v) is 3.62. The second-order valence-electron chi connectivity index (χ2n) is 5.17. The molecule has 0 unspecified atom stereocenters. The van der Waals surface area contributed by atoms with Crippen LogP contribution in [0.5, 0.6) is 0 Å². The summed E-state index contributed by atoms with van der Waals surface area (Å²) in [6.45, 7) is 6.98. The fourth-order valence-electron chi connectivity index (χ4n) is 2.41. The Hall–Kier alpha value is -1.12. The zero-order valence-electron chi connectivity index (χ0n) is 11.4. The van der Waals surface area contributed by atoms with Gasteiger partial charge in [0.15, 0.2) is 0 Å². The number of benzene rings is 1. The number of nitrogens with zero attached hydrogens (tertiary/aromatic N) is 1. The van der Waals surface area contributed by atoms with E-state index in [1.54, 1.807) is 0 Å². The van der Waals surface area contributed by atoms with E-state index in [1.807, 2.05) is 6.92 Å². The Morgan fingerprint density at radius 1 is 1.39 bits per heavy atom. The minimum Gasteiger partial charge on any atom is -0.392 e. The number of aliphatic hydroxyl groups is 1. The molecule has 98 valence electrons. The van der Waals surface area contributed by atoms with Crippen LogP contribution in [0, 0.1) is 6.92 Å². The summed E-state index contributed by atoms with van der Waals surface area (Å²) < 4.78 is 0. The monoisotopic (exact) mass is 245 g/mol. The van der Waals surface area contributed by atoms with E-state index in [0.29, 0.717) is 0 Å². The largest absolute Gasteiger partial charge is 0.392 e. The lowest BCUT2D eigenvalue weighted by atomic mass is 9.98. The van der Waals surface area contributed by atoms with Gasteiger partial charge in [0.1, 0.15) is 0 Å². The predicted octanol–water partition coefficient (Wildman–Crippen LogP) is 2.86. The van der Waals surface area contributed by atoms with Crippen LogP contribution in [0.3, 0.4) is 0 Å². The molecule has 0 bridgehead atoms. The van der Waals surface area contributed by atoms with E-state index in [4.69, 9.17) is 0 Å². The zero-order valence-corrected chi connectivity index (χ0v) is 11.4. The normalized spacial score (nSPS) is 18.5. The number of aliphatic hydroxyl groups excluding tert-OH is 1. The number of β-amino-alcohol motifs (C(OH)–C–C–N with tert-alkyl or cyclic N) is 1. The summed E-state index contributed by atoms with van der Waals surface area (Å²) in [5.74, 6) is 0. The summed E-state index contributed by atoms with van der Waals surface area (Å²) in [5, 5.41) is 9.67. The van der Waals surface area contributed by atoms with Crippen molar-refractivity contribution in [2.45, 2.75) is 32.8 Å². The molecule has 1 aromatic carbocycles. The summed E-state index contributed by atoms with van der Waals surface area (Å²) in [6, 6.07) is 8.70. The van der Waals surface area contributed by atoms with E-state index in [-0.39, 0.29) is 6.10 Å². The highest BCUT2D eigenvalue weighted by molar-refractivity contribution is 5.67. The summed E-state index contributed by atoms with van der Waals surface area (Å²) >= 11 is 0. The first kappa shape index (κ1) is 13.3. The third kappa shape index (κ3) is 3.44. The minimum absolute atomic E-state index is 0.182. The van der Waals surface area contributed by atoms with E-state index in [9.17, 15) is 5.11 Å². The van der Waals surface area contributed by atoms with Crippen LogP contribution in [0.1, 0.15) is 30.9 Å². The maximum absolute atomic E-state index is 9.67. The first-order chi connectivity index (χ1) is 8.69. The average molecular weight is 245 g/mol. The van der Waals surface area contributed by atoms with Gasteiger partial charge in [-0.25, -0.2) is 0 Å². The van der Waals surface area contributed by atoms with Gasteiger partial charge in [0.25, 0.3) is 0 Å². The van der Waals surface area contributed by atoms with Crippen LogP contribution < -0.4 is 0 Å². The molecule has 2 heteroatoms. The van der Waals surface area contributed by atoms with Gasteiger partial charge in [0.05, 0.1) is 6.10 Å². The van der Waals surface area contributed by atoms with Crippen LogP contribution in [0.15, 0.2) is 30.3 Å². The Morgan fingerprint density at radius 2 is 2.22 bits per heavy atom. The molecule has 18 heavy (non-hydrogen) atoms. The van der Waals surface area contributed by atoms with Crippen LogP contribution in [0.2, 0.25) is 0 Å². The summed E-state index contributed by atoms with van der Waals surface area (Å²) in [4.78, 5) is 2.33. The Balaban J connectivity index is 1.98. The van der Waals surface area contributed by atoms with Crippen molar-refractivity contribution in [3.8, 4) is 0 Å². The highest BCUT2D eigenvalue weighted by Gasteiger charge is 2.15. The quantitative estimate of drug-likeness (QED) is 0.881. The highest BCUT2D eigenvalue weighted by atomic mass is 16.3. The lowest BCUT2D eigenvalue weighted by molar-refractivity contribution is 0.115. The first-order valence-corrected chi connectivity index (χ1v) is 6.85. The topological polar surface area (TPSA) is 23.5 Å². The second kappa shape index (κ2) is 6.17.